The first-order valence-corrected chi connectivity index (χ1v) is 6.81. The molecule has 0 spiro atoms. The molecule has 0 aliphatic carbocycles. The molecule has 1 aliphatic rings. The van der Waals surface area contributed by atoms with Gasteiger partial charge in [0.2, 0.25) is 5.76 Å². The first-order chi connectivity index (χ1) is 9.20. The van der Waals surface area contributed by atoms with E-state index >= 15 is 0 Å². The van der Waals surface area contributed by atoms with Gasteiger partial charge >= 0.3 is 5.97 Å². The van der Waals surface area contributed by atoms with E-state index in [1.807, 2.05) is 6.07 Å². The summed E-state index contributed by atoms with van der Waals surface area (Å²) < 4.78 is 9.84. The van der Waals surface area contributed by atoms with Gasteiger partial charge in [-0.3, -0.25) is 0 Å². The largest absolute Gasteiger partial charge is 0.463 e. The van der Waals surface area contributed by atoms with Gasteiger partial charge in [-0.1, -0.05) is 0 Å². The molecule has 19 heavy (non-hydrogen) atoms. The highest BCUT2D eigenvalue weighted by atomic mass is 16.5. The fourth-order valence-corrected chi connectivity index (χ4v) is 2.45. The average molecular weight is 266 g/mol. The summed E-state index contributed by atoms with van der Waals surface area (Å²) in [6, 6.07) is 2.19. The van der Waals surface area contributed by atoms with E-state index in [0.29, 0.717) is 18.3 Å². The van der Waals surface area contributed by atoms with E-state index in [1.165, 1.54) is 39.3 Å². The maximum atomic E-state index is 11.5. The van der Waals surface area contributed by atoms with E-state index in [2.05, 4.69) is 21.9 Å². The number of nitrogens with zero attached hydrogens (tertiary/aromatic N) is 1. The normalized spacial score (nSPS) is 17.6. The van der Waals surface area contributed by atoms with Crippen LogP contribution in [0, 0.1) is 0 Å². The Morgan fingerprint density at radius 1 is 1.53 bits per heavy atom. The molecule has 0 bridgehead atoms. The summed E-state index contributed by atoms with van der Waals surface area (Å²) in [5, 5.41) is 3.42. The molecule has 0 saturated carbocycles. The van der Waals surface area contributed by atoms with Crippen molar-refractivity contribution in [3.8, 4) is 0 Å². The fourth-order valence-electron chi connectivity index (χ4n) is 2.45. The van der Waals surface area contributed by atoms with Crippen LogP contribution >= 0.6 is 0 Å². The molecule has 0 aromatic carbocycles. The zero-order chi connectivity index (χ0) is 13.7. The lowest BCUT2D eigenvalue weighted by atomic mass is 10.2. The molecule has 1 atom stereocenters. The lowest BCUT2D eigenvalue weighted by Gasteiger charge is -2.21. The topological polar surface area (TPSA) is 54.7 Å². The summed E-state index contributed by atoms with van der Waals surface area (Å²) >= 11 is 0. The number of esters is 1. The molecule has 1 fully saturated rings. The lowest BCUT2D eigenvalue weighted by molar-refractivity contribution is 0.0563. The molecule has 5 nitrogen and oxygen atoms in total. The highest BCUT2D eigenvalue weighted by molar-refractivity contribution is 5.87. The molecule has 1 aromatic rings. The fraction of sp³-hybridized carbons (Fsp3) is 0.643. The van der Waals surface area contributed by atoms with Crippen LogP contribution in [0.1, 0.15) is 35.9 Å². The van der Waals surface area contributed by atoms with Crippen LogP contribution in [0.4, 0.5) is 0 Å². The van der Waals surface area contributed by atoms with Crippen molar-refractivity contribution in [1.29, 1.82) is 0 Å². The molecule has 0 radical (unpaired) electrons. The number of carbonyl (C=O) groups is 1. The highest BCUT2D eigenvalue weighted by Crippen LogP contribution is 2.12. The molecule has 0 amide bonds. The van der Waals surface area contributed by atoms with Crippen LogP contribution in [0.2, 0.25) is 0 Å². The minimum Gasteiger partial charge on any atom is -0.463 e. The SMILES string of the molecule is COC(=O)c1occc1CNC(C)CN1CCCC1. The minimum absolute atomic E-state index is 0.295. The number of furan rings is 1. The Morgan fingerprint density at radius 3 is 2.95 bits per heavy atom. The number of hydrogen-bond acceptors (Lipinski definition) is 5. The summed E-state index contributed by atoms with van der Waals surface area (Å²) in [5.41, 5.74) is 0.847. The van der Waals surface area contributed by atoms with Gasteiger partial charge in [-0.05, 0) is 38.9 Å². The van der Waals surface area contributed by atoms with Gasteiger partial charge in [-0.15, -0.1) is 0 Å². The summed E-state index contributed by atoms with van der Waals surface area (Å²) in [6.07, 6.45) is 4.14. The van der Waals surface area contributed by atoms with E-state index in [-0.39, 0.29) is 0 Å². The quantitative estimate of drug-likeness (QED) is 0.793. The number of ether oxygens (including phenoxy) is 1. The first-order valence-electron chi connectivity index (χ1n) is 6.81. The van der Waals surface area contributed by atoms with Crippen molar-refractivity contribution >= 4 is 5.97 Å². The summed E-state index contributed by atoms with van der Waals surface area (Å²) in [4.78, 5) is 13.9. The molecule has 1 unspecified atom stereocenters. The number of likely N-dealkylation sites (tertiary alicyclic amines) is 1. The van der Waals surface area contributed by atoms with Gasteiger partial charge in [0.1, 0.15) is 0 Å². The van der Waals surface area contributed by atoms with Crippen molar-refractivity contribution in [1.82, 2.24) is 10.2 Å². The van der Waals surface area contributed by atoms with Crippen molar-refractivity contribution in [3.63, 3.8) is 0 Å². The number of nitrogens with one attached hydrogen (secondary N) is 1. The van der Waals surface area contributed by atoms with Crippen molar-refractivity contribution in [3.05, 3.63) is 23.7 Å². The maximum Gasteiger partial charge on any atom is 0.374 e. The van der Waals surface area contributed by atoms with Crippen LogP contribution in [-0.4, -0.2) is 43.7 Å². The Hall–Kier alpha value is -1.33. The van der Waals surface area contributed by atoms with Gasteiger partial charge < -0.3 is 19.4 Å². The number of methoxy groups -OCH3 is 1. The molecule has 5 heteroatoms. The van der Waals surface area contributed by atoms with E-state index in [9.17, 15) is 4.79 Å². The van der Waals surface area contributed by atoms with Crippen LogP contribution in [0.25, 0.3) is 0 Å². The van der Waals surface area contributed by atoms with Crippen molar-refractivity contribution in [2.75, 3.05) is 26.7 Å². The smallest absolute Gasteiger partial charge is 0.374 e. The standard InChI is InChI=1S/C14H22N2O3/c1-11(10-16-6-3-4-7-16)15-9-12-5-8-19-13(12)14(17)18-2/h5,8,11,15H,3-4,6-7,9-10H2,1-2H3. The van der Waals surface area contributed by atoms with Crippen molar-refractivity contribution < 1.29 is 13.9 Å². The maximum absolute atomic E-state index is 11.5. The zero-order valence-corrected chi connectivity index (χ0v) is 11.6. The van der Waals surface area contributed by atoms with Gasteiger partial charge in [0.15, 0.2) is 0 Å². The second-order valence-electron chi connectivity index (χ2n) is 5.06. The molecule has 1 N–H and O–H groups in total. The van der Waals surface area contributed by atoms with E-state index in [0.717, 1.165) is 12.1 Å². The zero-order valence-electron chi connectivity index (χ0n) is 11.6. The Kier molecular flexibility index (Phi) is 4.99. The van der Waals surface area contributed by atoms with Gasteiger partial charge in [-0.2, -0.15) is 0 Å². The van der Waals surface area contributed by atoms with E-state index < -0.39 is 5.97 Å². The van der Waals surface area contributed by atoms with Crippen LogP contribution in [0.15, 0.2) is 16.7 Å². The van der Waals surface area contributed by atoms with Crippen LogP contribution in [0.3, 0.4) is 0 Å². The number of hydrogen-bond donors (Lipinski definition) is 1. The second kappa shape index (κ2) is 6.73. The second-order valence-corrected chi connectivity index (χ2v) is 5.06. The molecule has 1 aromatic heterocycles. The molecule has 2 heterocycles. The third-order valence-electron chi connectivity index (χ3n) is 3.49. The van der Waals surface area contributed by atoms with Gasteiger partial charge in [0.25, 0.3) is 0 Å². The van der Waals surface area contributed by atoms with Crippen molar-refractivity contribution in [2.24, 2.45) is 0 Å². The Morgan fingerprint density at radius 2 is 2.26 bits per heavy atom. The summed E-state index contributed by atoms with van der Waals surface area (Å²) in [6.45, 7) is 6.23. The molecule has 1 saturated heterocycles. The summed E-state index contributed by atoms with van der Waals surface area (Å²) in [7, 11) is 1.36. The lowest BCUT2D eigenvalue weighted by Crippen LogP contribution is -2.37. The number of carbonyl (C=O) groups excluding carboxylic acids is 1. The molecule has 2 rings (SSSR count). The van der Waals surface area contributed by atoms with Crippen LogP contribution < -0.4 is 5.32 Å². The first kappa shape index (κ1) is 14.1. The predicted octanol–water partition coefficient (Wildman–Crippen LogP) is 1.64. The Bertz CT molecular complexity index is 411. The van der Waals surface area contributed by atoms with Gasteiger partial charge in [0.05, 0.1) is 13.4 Å². The third-order valence-corrected chi connectivity index (χ3v) is 3.49. The molecule has 1 aliphatic heterocycles. The Labute approximate surface area is 113 Å². The third kappa shape index (κ3) is 3.81. The molecular weight excluding hydrogens is 244 g/mol. The number of rotatable bonds is 6. The predicted molar refractivity (Wildman–Crippen MR) is 72.0 cm³/mol. The average Bonchev–Trinajstić information content (AvgIpc) is 3.06. The highest BCUT2D eigenvalue weighted by Gasteiger charge is 2.17. The molecular formula is C14H22N2O3. The minimum atomic E-state index is -0.422. The van der Waals surface area contributed by atoms with E-state index in [4.69, 9.17) is 4.42 Å². The van der Waals surface area contributed by atoms with E-state index in [1.54, 1.807) is 0 Å². The van der Waals surface area contributed by atoms with Gasteiger partial charge in [0, 0.05) is 24.7 Å². The van der Waals surface area contributed by atoms with Crippen molar-refractivity contribution in [2.45, 2.75) is 32.4 Å². The van der Waals surface area contributed by atoms with Crippen LogP contribution in [-0.2, 0) is 11.3 Å². The summed E-state index contributed by atoms with van der Waals surface area (Å²) in [5.74, 6) is -0.127. The van der Waals surface area contributed by atoms with Crippen LogP contribution in [0.5, 0.6) is 0 Å². The molecule has 106 valence electrons. The van der Waals surface area contributed by atoms with Gasteiger partial charge in [-0.25, -0.2) is 4.79 Å². The Balaban J connectivity index is 1.81. The monoisotopic (exact) mass is 266 g/mol.